The van der Waals surface area contributed by atoms with Crippen LogP contribution in [0.25, 0.3) is 0 Å². The molecule has 0 aliphatic heterocycles. The second kappa shape index (κ2) is 9.74. The third kappa shape index (κ3) is 5.26. The second-order valence-corrected chi connectivity index (χ2v) is 6.96. The highest BCUT2D eigenvalue weighted by molar-refractivity contribution is 5.98. The van der Waals surface area contributed by atoms with Gasteiger partial charge in [-0.15, -0.1) is 0 Å². The standard InChI is InChI=1S/C25H25NO4/c1-4-29-21-14-12-20(13-15-21)25(28)30-23(19-8-6-5-7-9-19)24(27)26-22-16-17(2)10-11-18(22)3/h5-16,23H,4H2,1-3H3,(H,26,27)/t23-/m1/s1. The van der Waals surface area contributed by atoms with Crippen LogP contribution in [0, 0.1) is 13.8 Å². The summed E-state index contributed by atoms with van der Waals surface area (Å²) in [6.45, 7) is 6.30. The number of esters is 1. The first-order chi connectivity index (χ1) is 14.5. The number of hydrogen-bond acceptors (Lipinski definition) is 4. The molecule has 0 aliphatic carbocycles. The molecular formula is C25H25NO4. The van der Waals surface area contributed by atoms with Gasteiger partial charge >= 0.3 is 5.97 Å². The molecule has 3 aromatic carbocycles. The number of hydrogen-bond donors (Lipinski definition) is 1. The zero-order valence-electron chi connectivity index (χ0n) is 17.3. The molecule has 1 amide bonds. The van der Waals surface area contributed by atoms with Crippen molar-refractivity contribution in [2.75, 3.05) is 11.9 Å². The molecular weight excluding hydrogens is 378 g/mol. The highest BCUT2D eigenvalue weighted by Gasteiger charge is 2.26. The molecule has 0 aromatic heterocycles. The van der Waals surface area contributed by atoms with Crippen molar-refractivity contribution < 1.29 is 19.1 Å². The van der Waals surface area contributed by atoms with Gasteiger partial charge in [0, 0.05) is 11.3 Å². The number of nitrogens with one attached hydrogen (secondary N) is 1. The highest BCUT2D eigenvalue weighted by Crippen LogP contribution is 2.24. The second-order valence-electron chi connectivity index (χ2n) is 6.96. The van der Waals surface area contributed by atoms with Gasteiger partial charge in [-0.05, 0) is 62.2 Å². The van der Waals surface area contributed by atoms with E-state index in [1.807, 2.05) is 45.0 Å². The van der Waals surface area contributed by atoms with Gasteiger partial charge < -0.3 is 14.8 Å². The number of benzene rings is 3. The summed E-state index contributed by atoms with van der Waals surface area (Å²) in [7, 11) is 0. The first-order valence-corrected chi connectivity index (χ1v) is 9.85. The van der Waals surface area contributed by atoms with Crippen molar-refractivity contribution in [3.8, 4) is 5.75 Å². The Morgan fingerprint density at radius 2 is 1.63 bits per heavy atom. The largest absolute Gasteiger partial charge is 0.494 e. The molecule has 1 N–H and O–H groups in total. The molecule has 0 heterocycles. The van der Waals surface area contributed by atoms with Gasteiger partial charge in [-0.2, -0.15) is 0 Å². The molecule has 154 valence electrons. The average molecular weight is 403 g/mol. The molecule has 5 nitrogen and oxygen atoms in total. The normalized spacial score (nSPS) is 11.4. The average Bonchev–Trinajstić information content (AvgIpc) is 2.75. The van der Waals surface area contributed by atoms with Crippen LogP contribution in [0.5, 0.6) is 5.75 Å². The predicted octanol–water partition coefficient (Wildman–Crippen LogP) is 5.24. The predicted molar refractivity (Wildman–Crippen MR) is 117 cm³/mol. The Bertz CT molecular complexity index is 1010. The summed E-state index contributed by atoms with van der Waals surface area (Å²) < 4.78 is 11.0. The number of anilines is 1. The minimum Gasteiger partial charge on any atom is -0.494 e. The van der Waals surface area contributed by atoms with Crippen LogP contribution in [0.1, 0.15) is 40.1 Å². The van der Waals surface area contributed by atoms with Crippen molar-refractivity contribution in [2.24, 2.45) is 0 Å². The lowest BCUT2D eigenvalue weighted by atomic mass is 10.1. The first-order valence-electron chi connectivity index (χ1n) is 9.85. The Hall–Kier alpha value is -3.60. The van der Waals surface area contributed by atoms with Crippen molar-refractivity contribution in [3.63, 3.8) is 0 Å². The fraction of sp³-hybridized carbons (Fsp3) is 0.200. The van der Waals surface area contributed by atoms with E-state index in [1.165, 1.54) is 0 Å². The monoisotopic (exact) mass is 403 g/mol. The number of carbonyl (C=O) groups excluding carboxylic acids is 2. The maximum absolute atomic E-state index is 13.1. The van der Waals surface area contributed by atoms with Gasteiger partial charge in [-0.25, -0.2) is 4.79 Å². The highest BCUT2D eigenvalue weighted by atomic mass is 16.5. The molecule has 0 radical (unpaired) electrons. The molecule has 3 rings (SSSR count). The van der Waals surface area contributed by atoms with Gasteiger partial charge in [-0.1, -0.05) is 42.5 Å². The Morgan fingerprint density at radius 1 is 0.933 bits per heavy atom. The minimum absolute atomic E-state index is 0.346. The Balaban J connectivity index is 1.83. The molecule has 0 unspecified atom stereocenters. The van der Waals surface area contributed by atoms with E-state index in [-0.39, 0.29) is 0 Å². The number of rotatable bonds is 7. The van der Waals surface area contributed by atoms with E-state index in [4.69, 9.17) is 9.47 Å². The van der Waals surface area contributed by atoms with Crippen LogP contribution in [-0.2, 0) is 9.53 Å². The molecule has 0 spiro atoms. The summed E-state index contributed by atoms with van der Waals surface area (Å²) in [6, 6.07) is 21.4. The summed E-state index contributed by atoms with van der Waals surface area (Å²) in [4.78, 5) is 25.8. The van der Waals surface area contributed by atoms with Crippen LogP contribution in [0.2, 0.25) is 0 Å². The molecule has 3 aromatic rings. The molecule has 0 saturated heterocycles. The van der Waals surface area contributed by atoms with Crippen LogP contribution in [-0.4, -0.2) is 18.5 Å². The Kier molecular flexibility index (Phi) is 6.86. The lowest BCUT2D eigenvalue weighted by molar-refractivity contribution is -0.125. The zero-order chi connectivity index (χ0) is 21.5. The topological polar surface area (TPSA) is 64.6 Å². The van der Waals surface area contributed by atoms with Gasteiger partial charge in [0.25, 0.3) is 5.91 Å². The van der Waals surface area contributed by atoms with Gasteiger partial charge in [0.05, 0.1) is 12.2 Å². The quantitative estimate of drug-likeness (QED) is 0.548. The van der Waals surface area contributed by atoms with Crippen LogP contribution in [0.3, 0.4) is 0 Å². The molecule has 0 fully saturated rings. The van der Waals surface area contributed by atoms with Crippen LogP contribution in [0.4, 0.5) is 5.69 Å². The molecule has 0 bridgehead atoms. The van der Waals surface area contributed by atoms with Gasteiger partial charge in [-0.3, -0.25) is 4.79 Å². The van der Waals surface area contributed by atoms with E-state index in [0.29, 0.717) is 29.2 Å². The van der Waals surface area contributed by atoms with Crippen molar-refractivity contribution in [3.05, 3.63) is 95.1 Å². The number of carbonyl (C=O) groups is 2. The minimum atomic E-state index is -1.08. The maximum atomic E-state index is 13.1. The van der Waals surface area contributed by atoms with Gasteiger partial charge in [0.1, 0.15) is 5.75 Å². The molecule has 5 heteroatoms. The zero-order valence-corrected chi connectivity index (χ0v) is 17.3. The number of ether oxygens (including phenoxy) is 2. The molecule has 30 heavy (non-hydrogen) atoms. The summed E-state index contributed by atoms with van der Waals surface area (Å²) >= 11 is 0. The van der Waals surface area contributed by atoms with Crippen molar-refractivity contribution in [1.82, 2.24) is 0 Å². The van der Waals surface area contributed by atoms with Crippen LogP contribution >= 0.6 is 0 Å². The third-order valence-electron chi connectivity index (χ3n) is 4.62. The van der Waals surface area contributed by atoms with E-state index >= 15 is 0 Å². The molecule has 0 saturated carbocycles. The Labute approximate surface area is 176 Å². The van der Waals surface area contributed by atoms with Crippen LogP contribution in [0.15, 0.2) is 72.8 Å². The molecule has 1 atom stereocenters. The maximum Gasteiger partial charge on any atom is 0.339 e. The summed E-state index contributed by atoms with van der Waals surface area (Å²) in [6.07, 6.45) is -1.08. The fourth-order valence-electron chi connectivity index (χ4n) is 3.00. The van der Waals surface area contributed by atoms with Crippen molar-refractivity contribution in [2.45, 2.75) is 26.9 Å². The van der Waals surface area contributed by atoms with E-state index in [2.05, 4.69) is 5.32 Å². The van der Waals surface area contributed by atoms with E-state index < -0.39 is 18.0 Å². The lowest BCUT2D eigenvalue weighted by Gasteiger charge is -2.19. The third-order valence-corrected chi connectivity index (χ3v) is 4.62. The number of aryl methyl sites for hydroxylation is 2. The fourth-order valence-corrected chi connectivity index (χ4v) is 3.00. The Morgan fingerprint density at radius 3 is 2.30 bits per heavy atom. The van der Waals surface area contributed by atoms with E-state index in [9.17, 15) is 9.59 Å². The van der Waals surface area contributed by atoms with Crippen molar-refractivity contribution >= 4 is 17.6 Å². The molecule has 0 aliphatic rings. The summed E-state index contributed by atoms with van der Waals surface area (Å²) in [5, 5.41) is 2.90. The van der Waals surface area contributed by atoms with Crippen molar-refractivity contribution in [1.29, 1.82) is 0 Å². The number of amides is 1. The smallest absolute Gasteiger partial charge is 0.339 e. The SMILES string of the molecule is CCOc1ccc(C(=O)O[C@@H](C(=O)Nc2cc(C)ccc2C)c2ccccc2)cc1. The van der Waals surface area contributed by atoms with E-state index in [1.54, 1.807) is 48.5 Å². The van der Waals surface area contributed by atoms with Gasteiger partial charge in [0.2, 0.25) is 6.10 Å². The first kappa shape index (κ1) is 21.1. The lowest BCUT2D eigenvalue weighted by Crippen LogP contribution is -2.26. The summed E-state index contributed by atoms with van der Waals surface area (Å²) in [5.41, 5.74) is 3.59. The van der Waals surface area contributed by atoms with E-state index in [0.717, 1.165) is 11.1 Å². The van der Waals surface area contributed by atoms with Gasteiger partial charge in [0.15, 0.2) is 0 Å². The summed E-state index contributed by atoms with van der Waals surface area (Å²) in [5.74, 6) is -0.321. The van der Waals surface area contributed by atoms with Crippen LogP contribution < -0.4 is 10.1 Å².